The summed E-state index contributed by atoms with van der Waals surface area (Å²) in [6.07, 6.45) is 0. The van der Waals surface area contributed by atoms with Crippen LogP contribution in [0.3, 0.4) is 0 Å². The topological polar surface area (TPSA) is 116 Å². The van der Waals surface area contributed by atoms with Gasteiger partial charge >= 0.3 is 5.97 Å². The summed E-state index contributed by atoms with van der Waals surface area (Å²) in [5.74, 6) is 0.476. The number of methoxy groups -OCH3 is 1. The van der Waals surface area contributed by atoms with Gasteiger partial charge in [0.1, 0.15) is 0 Å². The van der Waals surface area contributed by atoms with Crippen LogP contribution in [0.5, 0.6) is 11.5 Å². The number of rotatable bonds is 6. The molecule has 10 nitrogen and oxygen atoms in total. The number of aromatic nitrogens is 2. The SMILES string of the molecule is CCn1nc(C)c(CN=C(NC(=O)c2ccc3c(c2)OCO3)Nc2cccc(C(=O)OC)c2)c1C. The second kappa shape index (κ2) is 10.3. The Hall–Kier alpha value is -4.34. The van der Waals surface area contributed by atoms with E-state index in [1.165, 1.54) is 7.11 Å². The Morgan fingerprint density at radius 1 is 1.11 bits per heavy atom. The summed E-state index contributed by atoms with van der Waals surface area (Å²) < 4.78 is 17.4. The van der Waals surface area contributed by atoms with Gasteiger partial charge in [-0.25, -0.2) is 9.79 Å². The zero-order chi connectivity index (χ0) is 24.9. The van der Waals surface area contributed by atoms with Crippen LogP contribution in [0.4, 0.5) is 5.69 Å². The van der Waals surface area contributed by atoms with Gasteiger partial charge in [-0.2, -0.15) is 5.10 Å². The van der Waals surface area contributed by atoms with Gasteiger partial charge in [-0.1, -0.05) is 6.07 Å². The molecule has 0 bridgehead atoms. The number of nitrogens with one attached hydrogen (secondary N) is 2. The molecule has 0 radical (unpaired) electrons. The molecule has 0 fully saturated rings. The molecule has 0 spiro atoms. The first-order valence-corrected chi connectivity index (χ1v) is 11.1. The summed E-state index contributed by atoms with van der Waals surface area (Å²) in [7, 11) is 1.32. The Bertz CT molecular complexity index is 1300. The van der Waals surface area contributed by atoms with Crippen molar-refractivity contribution < 1.29 is 23.8 Å². The number of esters is 1. The zero-order valence-electron chi connectivity index (χ0n) is 20.0. The van der Waals surface area contributed by atoms with Gasteiger partial charge in [0.2, 0.25) is 12.8 Å². The molecule has 3 aromatic rings. The molecule has 35 heavy (non-hydrogen) atoms. The van der Waals surface area contributed by atoms with E-state index in [2.05, 4.69) is 20.7 Å². The smallest absolute Gasteiger partial charge is 0.337 e. The monoisotopic (exact) mass is 477 g/mol. The first-order chi connectivity index (χ1) is 16.9. The summed E-state index contributed by atoms with van der Waals surface area (Å²) in [4.78, 5) is 29.6. The van der Waals surface area contributed by atoms with Crippen molar-refractivity contribution in [3.05, 3.63) is 70.5 Å². The molecular weight excluding hydrogens is 450 g/mol. The summed E-state index contributed by atoms with van der Waals surface area (Å²) in [5.41, 5.74) is 4.19. The Kier molecular flexibility index (Phi) is 7.00. The van der Waals surface area contributed by atoms with Crippen molar-refractivity contribution in [1.29, 1.82) is 0 Å². The number of anilines is 1. The molecule has 0 unspecified atom stereocenters. The lowest BCUT2D eigenvalue weighted by Gasteiger charge is -2.13. The van der Waals surface area contributed by atoms with Crippen LogP contribution in [0.2, 0.25) is 0 Å². The quantitative estimate of drug-likeness (QED) is 0.317. The fraction of sp³-hybridized carbons (Fsp3) is 0.280. The maximum absolute atomic E-state index is 13.0. The number of guanidine groups is 1. The number of aryl methyl sites for hydroxylation is 2. The molecule has 0 aliphatic carbocycles. The summed E-state index contributed by atoms with van der Waals surface area (Å²) in [6, 6.07) is 11.7. The van der Waals surface area contributed by atoms with E-state index in [0.29, 0.717) is 34.9 Å². The predicted molar refractivity (Wildman–Crippen MR) is 130 cm³/mol. The third-order valence-corrected chi connectivity index (χ3v) is 5.64. The van der Waals surface area contributed by atoms with Crippen LogP contribution in [-0.4, -0.2) is 41.5 Å². The van der Waals surface area contributed by atoms with E-state index in [1.807, 2.05) is 25.5 Å². The van der Waals surface area contributed by atoms with E-state index in [-0.39, 0.29) is 18.7 Å². The number of carbonyl (C=O) groups excluding carboxylic acids is 2. The minimum atomic E-state index is -0.463. The van der Waals surface area contributed by atoms with Crippen molar-refractivity contribution >= 4 is 23.5 Å². The number of ether oxygens (including phenoxy) is 3. The molecular formula is C25H27N5O5. The molecule has 1 amide bonds. The van der Waals surface area contributed by atoms with E-state index in [1.54, 1.807) is 42.5 Å². The zero-order valence-corrected chi connectivity index (χ0v) is 20.0. The molecule has 10 heteroatoms. The van der Waals surface area contributed by atoms with E-state index >= 15 is 0 Å². The molecule has 0 saturated heterocycles. The van der Waals surface area contributed by atoms with Crippen LogP contribution >= 0.6 is 0 Å². The van der Waals surface area contributed by atoms with Gasteiger partial charge in [-0.3, -0.25) is 14.8 Å². The number of carbonyl (C=O) groups is 2. The van der Waals surface area contributed by atoms with Crippen molar-refractivity contribution in [2.45, 2.75) is 33.9 Å². The number of aliphatic imine (C=N–C) groups is 1. The molecule has 1 aliphatic rings. The summed E-state index contributed by atoms with van der Waals surface area (Å²) in [5, 5.41) is 10.5. The molecule has 2 aromatic carbocycles. The first-order valence-electron chi connectivity index (χ1n) is 11.1. The Balaban J connectivity index is 1.61. The molecule has 0 atom stereocenters. The summed E-state index contributed by atoms with van der Waals surface area (Å²) in [6.45, 7) is 7.13. The average molecular weight is 478 g/mol. The first kappa shape index (κ1) is 23.8. The molecule has 2 heterocycles. The fourth-order valence-corrected chi connectivity index (χ4v) is 3.74. The molecule has 182 valence electrons. The lowest BCUT2D eigenvalue weighted by atomic mass is 10.2. The highest BCUT2D eigenvalue weighted by atomic mass is 16.7. The van der Waals surface area contributed by atoms with Crippen molar-refractivity contribution in [3.8, 4) is 11.5 Å². The molecule has 0 saturated carbocycles. The van der Waals surface area contributed by atoms with Gasteiger partial charge in [0, 0.05) is 29.1 Å². The summed E-state index contributed by atoms with van der Waals surface area (Å²) >= 11 is 0. The van der Waals surface area contributed by atoms with Crippen LogP contribution in [-0.2, 0) is 17.8 Å². The molecule has 4 rings (SSSR count). The number of hydrogen-bond acceptors (Lipinski definition) is 7. The van der Waals surface area contributed by atoms with Crippen LogP contribution in [0.1, 0.15) is 44.6 Å². The predicted octanol–water partition coefficient (Wildman–Crippen LogP) is 3.43. The highest BCUT2D eigenvalue weighted by molar-refractivity contribution is 6.10. The number of amides is 1. The highest BCUT2D eigenvalue weighted by Gasteiger charge is 2.18. The van der Waals surface area contributed by atoms with Crippen LogP contribution in [0, 0.1) is 13.8 Å². The lowest BCUT2D eigenvalue weighted by Crippen LogP contribution is -2.36. The van der Waals surface area contributed by atoms with E-state index in [9.17, 15) is 9.59 Å². The normalized spacial score (nSPS) is 12.4. The second-order valence-corrected chi connectivity index (χ2v) is 7.85. The van der Waals surface area contributed by atoms with Crippen molar-refractivity contribution in [3.63, 3.8) is 0 Å². The average Bonchev–Trinajstić information content (AvgIpc) is 3.45. The van der Waals surface area contributed by atoms with Crippen molar-refractivity contribution in [1.82, 2.24) is 15.1 Å². The fourth-order valence-electron chi connectivity index (χ4n) is 3.74. The van der Waals surface area contributed by atoms with E-state index < -0.39 is 5.97 Å². The lowest BCUT2D eigenvalue weighted by molar-refractivity contribution is 0.0600. The minimum absolute atomic E-state index is 0.120. The van der Waals surface area contributed by atoms with Crippen molar-refractivity contribution in [2.75, 3.05) is 19.2 Å². The largest absolute Gasteiger partial charge is 0.465 e. The number of benzene rings is 2. The maximum atomic E-state index is 13.0. The van der Waals surface area contributed by atoms with Gasteiger partial charge in [-0.05, 0) is 57.2 Å². The number of nitrogens with zero attached hydrogens (tertiary/aromatic N) is 3. The standard InChI is InChI=1S/C25H27N5O5/c1-5-30-16(3)20(15(2)29-30)13-26-25(27-19-8-6-7-18(11-19)24(32)33-4)28-23(31)17-9-10-21-22(12-17)35-14-34-21/h6-12H,5,13-14H2,1-4H3,(H2,26,27,28,31). The van der Waals surface area contributed by atoms with Crippen LogP contribution in [0.15, 0.2) is 47.5 Å². The number of fused-ring (bicyclic) bond motifs is 1. The van der Waals surface area contributed by atoms with Gasteiger partial charge in [0.05, 0.1) is 24.9 Å². The maximum Gasteiger partial charge on any atom is 0.337 e. The minimum Gasteiger partial charge on any atom is -0.465 e. The Morgan fingerprint density at radius 2 is 1.91 bits per heavy atom. The van der Waals surface area contributed by atoms with Gasteiger partial charge < -0.3 is 19.5 Å². The van der Waals surface area contributed by atoms with Crippen LogP contribution < -0.4 is 20.1 Å². The molecule has 1 aliphatic heterocycles. The van der Waals surface area contributed by atoms with E-state index in [4.69, 9.17) is 14.2 Å². The third kappa shape index (κ3) is 5.26. The Labute approximate surface area is 202 Å². The Morgan fingerprint density at radius 3 is 2.66 bits per heavy atom. The third-order valence-electron chi connectivity index (χ3n) is 5.64. The van der Waals surface area contributed by atoms with Crippen LogP contribution in [0.25, 0.3) is 0 Å². The molecule has 2 N–H and O–H groups in total. The highest BCUT2D eigenvalue weighted by Crippen LogP contribution is 2.32. The van der Waals surface area contributed by atoms with E-state index in [0.717, 1.165) is 23.5 Å². The second-order valence-electron chi connectivity index (χ2n) is 7.85. The molecule has 1 aromatic heterocycles. The van der Waals surface area contributed by atoms with Gasteiger partial charge in [-0.15, -0.1) is 0 Å². The van der Waals surface area contributed by atoms with Gasteiger partial charge in [0.15, 0.2) is 11.5 Å². The number of hydrogen-bond donors (Lipinski definition) is 2. The van der Waals surface area contributed by atoms with Gasteiger partial charge in [0.25, 0.3) is 5.91 Å². The van der Waals surface area contributed by atoms with Crippen molar-refractivity contribution in [2.24, 2.45) is 4.99 Å².